The fraction of sp³-hybridized carbons (Fsp3) is 0.562. The molecule has 0 aromatic heterocycles. The lowest BCUT2D eigenvalue weighted by molar-refractivity contribution is -0.121. The molecule has 5 nitrogen and oxygen atoms in total. The maximum atomic E-state index is 11.6. The van der Waals surface area contributed by atoms with Gasteiger partial charge in [0.05, 0.1) is 0 Å². The Bertz CT molecular complexity index is 475. The zero-order valence-electron chi connectivity index (χ0n) is 12.8. The Labute approximate surface area is 126 Å². The van der Waals surface area contributed by atoms with Crippen LogP contribution in [0.15, 0.2) is 18.2 Å². The first kappa shape index (κ1) is 15.6. The number of carbonyl (C=O) groups is 1. The number of amides is 1. The van der Waals surface area contributed by atoms with E-state index in [1.165, 1.54) is 0 Å². The molecule has 1 heterocycles. The average molecular weight is 292 g/mol. The SMILES string of the molecule is CC(C)CCNC(=O)CCNCc1ccc2c(c1)OCO2. The highest BCUT2D eigenvalue weighted by molar-refractivity contribution is 5.75. The quantitative estimate of drug-likeness (QED) is 0.720. The predicted octanol–water partition coefficient (Wildman–Crippen LogP) is 2.06. The number of fused-ring (bicyclic) bond motifs is 1. The second kappa shape index (κ2) is 7.88. The van der Waals surface area contributed by atoms with Gasteiger partial charge in [-0.2, -0.15) is 0 Å². The van der Waals surface area contributed by atoms with Crippen molar-refractivity contribution in [3.05, 3.63) is 23.8 Å². The molecule has 0 saturated carbocycles. The Morgan fingerprint density at radius 1 is 1.24 bits per heavy atom. The van der Waals surface area contributed by atoms with Crippen LogP contribution in [0.25, 0.3) is 0 Å². The highest BCUT2D eigenvalue weighted by Crippen LogP contribution is 2.32. The van der Waals surface area contributed by atoms with Crippen LogP contribution in [0, 0.1) is 5.92 Å². The van der Waals surface area contributed by atoms with Gasteiger partial charge in [-0.05, 0) is 30.0 Å². The van der Waals surface area contributed by atoms with E-state index in [1.54, 1.807) is 0 Å². The third-order valence-corrected chi connectivity index (χ3v) is 3.34. The third kappa shape index (κ3) is 5.27. The van der Waals surface area contributed by atoms with Gasteiger partial charge in [0, 0.05) is 26.1 Å². The fourth-order valence-electron chi connectivity index (χ4n) is 2.07. The number of ether oxygens (including phenoxy) is 2. The molecule has 1 amide bonds. The number of nitrogens with one attached hydrogen (secondary N) is 2. The van der Waals surface area contributed by atoms with Crippen LogP contribution in [0.4, 0.5) is 0 Å². The fourth-order valence-corrected chi connectivity index (χ4v) is 2.07. The molecular formula is C16H24N2O3. The van der Waals surface area contributed by atoms with Gasteiger partial charge in [-0.1, -0.05) is 19.9 Å². The number of hydrogen-bond acceptors (Lipinski definition) is 4. The van der Waals surface area contributed by atoms with Gasteiger partial charge >= 0.3 is 0 Å². The van der Waals surface area contributed by atoms with Crippen LogP contribution in [0.3, 0.4) is 0 Å². The summed E-state index contributed by atoms with van der Waals surface area (Å²) < 4.78 is 10.6. The summed E-state index contributed by atoms with van der Waals surface area (Å²) in [5, 5.41) is 6.20. The first-order chi connectivity index (χ1) is 10.1. The van der Waals surface area contributed by atoms with Crippen LogP contribution in [-0.2, 0) is 11.3 Å². The van der Waals surface area contributed by atoms with E-state index in [2.05, 4.69) is 24.5 Å². The molecule has 116 valence electrons. The summed E-state index contributed by atoms with van der Waals surface area (Å²) in [6.07, 6.45) is 1.53. The Balaban J connectivity index is 1.60. The maximum absolute atomic E-state index is 11.6. The van der Waals surface area contributed by atoms with Gasteiger partial charge in [0.15, 0.2) is 11.5 Å². The first-order valence-electron chi connectivity index (χ1n) is 7.51. The van der Waals surface area contributed by atoms with Gasteiger partial charge in [-0.25, -0.2) is 0 Å². The van der Waals surface area contributed by atoms with Crippen molar-refractivity contribution in [3.63, 3.8) is 0 Å². The second-order valence-corrected chi connectivity index (χ2v) is 5.65. The summed E-state index contributed by atoms with van der Waals surface area (Å²) in [6.45, 7) is 6.75. The minimum absolute atomic E-state index is 0.105. The van der Waals surface area contributed by atoms with Crippen molar-refractivity contribution in [2.45, 2.75) is 33.2 Å². The molecule has 2 rings (SSSR count). The van der Waals surface area contributed by atoms with Crippen molar-refractivity contribution in [1.82, 2.24) is 10.6 Å². The van der Waals surface area contributed by atoms with Gasteiger partial charge < -0.3 is 20.1 Å². The van der Waals surface area contributed by atoms with Crippen molar-refractivity contribution in [1.29, 1.82) is 0 Å². The van der Waals surface area contributed by atoms with Crippen LogP contribution >= 0.6 is 0 Å². The van der Waals surface area contributed by atoms with Crippen LogP contribution in [-0.4, -0.2) is 25.8 Å². The standard InChI is InChI=1S/C16H24N2O3/c1-12(2)5-8-18-16(19)6-7-17-10-13-3-4-14-15(9-13)21-11-20-14/h3-4,9,12,17H,5-8,10-11H2,1-2H3,(H,18,19). The van der Waals surface area contributed by atoms with E-state index in [1.807, 2.05) is 18.2 Å². The topological polar surface area (TPSA) is 59.6 Å². The van der Waals surface area contributed by atoms with Gasteiger partial charge in [-0.3, -0.25) is 4.79 Å². The molecule has 0 bridgehead atoms. The molecule has 0 radical (unpaired) electrons. The van der Waals surface area contributed by atoms with E-state index in [0.717, 1.165) is 36.6 Å². The van der Waals surface area contributed by atoms with Gasteiger partial charge in [0.1, 0.15) is 0 Å². The molecule has 0 aliphatic carbocycles. The Morgan fingerprint density at radius 3 is 2.86 bits per heavy atom. The number of hydrogen-bond donors (Lipinski definition) is 2. The molecule has 0 atom stereocenters. The van der Waals surface area contributed by atoms with Crippen molar-refractivity contribution in [2.75, 3.05) is 19.9 Å². The van der Waals surface area contributed by atoms with E-state index in [-0.39, 0.29) is 5.91 Å². The van der Waals surface area contributed by atoms with E-state index in [0.29, 0.717) is 25.7 Å². The van der Waals surface area contributed by atoms with Gasteiger partial charge in [0.25, 0.3) is 0 Å². The highest BCUT2D eigenvalue weighted by atomic mass is 16.7. The molecule has 2 N–H and O–H groups in total. The molecular weight excluding hydrogens is 268 g/mol. The molecule has 0 fully saturated rings. The zero-order valence-corrected chi connectivity index (χ0v) is 12.8. The Morgan fingerprint density at radius 2 is 2.05 bits per heavy atom. The largest absolute Gasteiger partial charge is 0.454 e. The summed E-state index contributed by atoms with van der Waals surface area (Å²) in [5.41, 5.74) is 1.12. The molecule has 0 saturated heterocycles. The van der Waals surface area contributed by atoms with Gasteiger partial charge in [-0.15, -0.1) is 0 Å². The number of carbonyl (C=O) groups excluding carboxylic acids is 1. The molecule has 21 heavy (non-hydrogen) atoms. The summed E-state index contributed by atoms with van der Waals surface area (Å²) in [5.74, 6) is 2.31. The number of benzene rings is 1. The molecule has 0 spiro atoms. The normalized spacial score (nSPS) is 12.7. The molecule has 1 aromatic carbocycles. The number of rotatable bonds is 8. The van der Waals surface area contributed by atoms with E-state index in [4.69, 9.17) is 9.47 Å². The molecule has 1 aliphatic heterocycles. The zero-order chi connectivity index (χ0) is 15.1. The third-order valence-electron chi connectivity index (χ3n) is 3.34. The highest BCUT2D eigenvalue weighted by Gasteiger charge is 2.12. The lowest BCUT2D eigenvalue weighted by atomic mass is 10.1. The van der Waals surface area contributed by atoms with E-state index < -0.39 is 0 Å². The smallest absolute Gasteiger partial charge is 0.231 e. The van der Waals surface area contributed by atoms with Crippen LogP contribution < -0.4 is 20.1 Å². The van der Waals surface area contributed by atoms with Crippen LogP contribution in [0.2, 0.25) is 0 Å². The Hall–Kier alpha value is -1.75. The van der Waals surface area contributed by atoms with Crippen molar-refractivity contribution >= 4 is 5.91 Å². The maximum Gasteiger partial charge on any atom is 0.231 e. The predicted molar refractivity (Wildman–Crippen MR) is 81.4 cm³/mol. The molecule has 1 aromatic rings. The Kier molecular flexibility index (Phi) is 5.87. The lowest BCUT2D eigenvalue weighted by Crippen LogP contribution is -2.28. The van der Waals surface area contributed by atoms with Crippen LogP contribution in [0.1, 0.15) is 32.3 Å². The second-order valence-electron chi connectivity index (χ2n) is 5.65. The molecule has 5 heteroatoms. The monoisotopic (exact) mass is 292 g/mol. The molecule has 0 unspecified atom stereocenters. The molecule has 1 aliphatic rings. The summed E-state index contributed by atoms with van der Waals surface area (Å²) in [4.78, 5) is 11.6. The minimum Gasteiger partial charge on any atom is -0.454 e. The van der Waals surface area contributed by atoms with Crippen molar-refractivity contribution in [2.24, 2.45) is 5.92 Å². The van der Waals surface area contributed by atoms with E-state index in [9.17, 15) is 4.79 Å². The summed E-state index contributed by atoms with van der Waals surface area (Å²) >= 11 is 0. The van der Waals surface area contributed by atoms with Crippen molar-refractivity contribution in [3.8, 4) is 11.5 Å². The van der Waals surface area contributed by atoms with Crippen molar-refractivity contribution < 1.29 is 14.3 Å². The van der Waals surface area contributed by atoms with E-state index >= 15 is 0 Å². The summed E-state index contributed by atoms with van der Waals surface area (Å²) in [6, 6.07) is 5.89. The minimum atomic E-state index is 0.105. The van der Waals surface area contributed by atoms with Crippen LogP contribution in [0.5, 0.6) is 11.5 Å². The summed E-state index contributed by atoms with van der Waals surface area (Å²) in [7, 11) is 0. The average Bonchev–Trinajstić information content (AvgIpc) is 2.90. The van der Waals surface area contributed by atoms with Gasteiger partial charge in [0.2, 0.25) is 12.7 Å². The lowest BCUT2D eigenvalue weighted by Gasteiger charge is -2.08. The first-order valence-corrected chi connectivity index (χ1v) is 7.51.